The molecule has 26 unspecified atom stereocenters. The molecule has 4 heterocycles. The minimum Gasteiger partial charge on any atom is -0.481 e. The zero-order valence-electron chi connectivity index (χ0n) is 43.6. The van der Waals surface area contributed by atoms with E-state index < -0.39 is 159 Å². The molecule has 9 aliphatic rings. The topological polar surface area (TPSA) is 368 Å². The lowest BCUT2D eigenvalue weighted by atomic mass is 9.33. The molecule has 0 aromatic rings. The van der Waals surface area contributed by atoms with Crippen molar-refractivity contribution in [3.05, 3.63) is 11.6 Å². The Labute approximate surface area is 435 Å². The van der Waals surface area contributed by atoms with Crippen molar-refractivity contribution in [3.63, 3.8) is 0 Å². The molecule has 0 bridgehead atoms. The summed E-state index contributed by atoms with van der Waals surface area (Å²) in [6.07, 6.45) is -26.1. The average molecular weight is 1070 g/mol. The Morgan fingerprint density at radius 1 is 0.547 bits per heavy atom. The van der Waals surface area contributed by atoms with E-state index in [1.54, 1.807) is 0 Å². The van der Waals surface area contributed by atoms with Crippen molar-refractivity contribution in [3.8, 4) is 0 Å². The minimum atomic E-state index is -2.18. The molecule has 4 saturated heterocycles. The van der Waals surface area contributed by atoms with Gasteiger partial charge in [0.25, 0.3) is 0 Å². The summed E-state index contributed by atoms with van der Waals surface area (Å²) in [7, 11) is 0. The number of allylic oxidation sites excluding steroid dienone is 2. The van der Waals surface area contributed by atoms with Crippen LogP contribution >= 0.6 is 0 Å². The van der Waals surface area contributed by atoms with Gasteiger partial charge in [-0.1, -0.05) is 60.1 Å². The van der Waals surface area contributed by atoms with Crippen LogP contribution in [0.4, 0.5) is 0 Å². The number of aliphatic hydroxyl groups is 9. The molecular weight excluding hydrogens is 993 g/mol. The van der Waals surface area contributed by atoms with E-state index in [2.05, 4.69) is 54.5 Å². The van der Waals surface area contributed by atoms with Gasteiger partial charge in [-0.3, -0.25) is 4.79 Å². The van der Waals surface area contributed by atoms with Gasteiger partial charge in [0.05, 0.1) is 24.7 Å². The molecule has 0 amide bonds. The number of hydrogen-bond acceptors (Lipinski definition) is 20. The maximum absolute atomic E-state index is 13.3. The van der Waals surface area contributed by atoms with Crippen molar-refractivity contribution in [2.75, 3.05) is 13.2 Å². The van der Waals surface area contributed by atoms with Crippen molar-refractivity contribution in [2.24, 2.45) is 50.2 Å². The van der Waals surface area contributed by atoms with Gasteiger partial charge in [0.2, 0.25) is 0 Å². The molecule has 0 spiro atoms. The van der Waals surface area contributed by atoms with Crippen LogP contribution in [0.25, 0.3) is 0 Å². The predicted molar refractivity (Wildman–Crippen MR) is 252 cm³/mol. The van der Waals surface area contributed by atoms with Crippen LogP contribution in [-0.2, 0) is 52.3 Å². The molecule has 0 aromatic carbocycles. The smallest absolute Gasteiger partial charge is 0.335 e. The number of aliphatic carboxylic acids is 3. The number of rotatable bonds is 11. The highest BCUT2D eigenvalue weighted by molar-refractivity contribution is 5.77. The highest BCUT2D eigenvalue weighted by Crippen LogP contribution is 2.76. The highest BCUT2D eigenvalue weighted by atomic mass is 16.8. The van der Waals surface area contributed by atoms with E-state index in [-0.39, 0.29) is 39.4 Å². The van der Waals surface area contributed by atoms with Crippen LogP contribution < -0.4 is 0 Å². The van der Waals surface area contributed by atoms with Gasteiger partial charge in [0.1, 0.15) is 73.2 Å². The van der Waals surface area contributed by atoms with Gasteiger partial charge in [-0.2, -0.15) is 0 Å². The van der Waals surface area contributed by atoms with Gasteiger partial charge in [0, 0.05) is 0 Å². The number of ether oxygens (including phenoxy) is 8. The Bertz CT molecular complexity index is 2170. The zero-order chi connectivity index (χ0) is 54.9. The third kappa shape index (κ3) is 9.31. The standard InChI is InChI=1S/C52H80O23/c1-47(2)14-16-52(46(66)67)17-15-50(6)21(22(52)18-47)8-9-26-49(5)12-11-27(48(3,4)25(49)10-13-51(26,50)7)70-45-34(61)36(72-44-32(59)29(56)30(57)37(73-44)40(62)63)38(39(75-45)41(64)65)74-43-33(60)35(24(54)20-69-43)71-42-31(58)28(55)23(53)19-68-42/h8,22-39,42-45,53-61H,9-20H2,1-7H3,(H,62,63)(H,64,65)(H,66,67). The van der Waals surface area contributed by atoms with Gasteiger partial charge in [-0.05, 0) is 109 Å². The first-order valence-electron chi connectivity index (χ1n) is 26.6. The molecule has 23 heteroatoms. The summed E-state index contributed by atoms with van der Waals surface area (Å²) in [4.78, 5) is 38.7. The van der Waals surface area contributed by atoms with Crippen LogP contribution in [0.15, 0.2) is 11.6 Å². The summed E-state index contributed by atoms with van der Waals surface area (Å²) >= 11 is 0. The third-order valence-corrected chi connectivity index (χ3v) is 20.6. The molecule has 5 aliphatic carbocycles. The number of carboxylic acids is 3. The second kappa shape index (κ2) is 20.2. The summed E-state index contributed by atoms with van der Waals surface area (Å²) < 4.78 is 46.8. The van der Waals surface area contributed by atoms with Crippen molar-refractivity contribution in [1.29, 1.82) is 0 Å². The fourth-order valence-electron chi connectivity index (χ4n) is 16.0. The molecule has 8 fully saturated rings. The van der Waals surface area contributed by atoms with Crippen LogP contribution in [0.5, 0.6) is 0 Å². The number of fused-ring (bicyclic) bond motifs is 7. The molecule has 9 rings (SSSR count). The molecule has 23 nitrogen and oxygen atoms in total. The van der Waals surface area contributed by atoms with Gasteiger partial charge in [-0.25, -0.2) is 9.59 Å². The lowest BCUT2D eigenvalue weighted by molar-refractivity contribution is -0.387. The second-order valence-corrected chi connectivity index (χ2v) is 25.5. The average Bonchev–Trinajstić information content (AvgIpc) is 3.33. The SMILES string of the molecule is CC1(C)CCC2(C(=O)O)CCC3(C)C(=CCC4C5(C)CCC(OC6OC(C(=O)O)C(OC7OCC(O)C(OC8OCC(O)C(O)C8O)C7O)C(OC7OC(C(=O)O)C(O)C(O)C7O)C6O)C(C)(C)C5CCC43C)C2C1. The molecule has 0 aromatic heterocycles. The van der Waals surface area contributed by atoms with E-state index in [9.17, 15) is 75.7 Å². The lowest BCUT2D eigenvalue weighted by Crippen LogP contribution is -2.68. The fraction of sp³-hybridized carbons (Fsp3) is 0.904. The lowest BCUT2D eigenvalue weighted by Gasteiger charge is -2.71. The van der Waals surface area contributed by atoms with Gasteiger partial charge >= 0.3 is 17.9 Å². The number of carbonyl (C=O) groups is 3. The molecule has 426 valence electrons. The quantitative estimate of drug-likeness (QED) is 0.0956. The maximum Gasteiger partial charge on any atom is 0.335 e. The first-order chi connectivity index (χ1) is 34.9. The van der Waals surface area contributed by atoms with Crippen LogP contribution in [0, 0.1) is 50.2 Å². The van der Waals surface area contributed by atoms with E-state index in [1.165, 1.54) is 5.57 Å². The normalized spacial score (nSPS) is 52.5. The minimum absolute atomic E-state index is 0.0126. The Balaban J connectivity index is 0.982. The summed E-state index contributed by atoms with van der Waals surface area (Å²) in [6.45, 7) is 14.6. The van der Waals surface area contributed by atoms with Crippen LogP contribution in [0.2, 0.25) is 0 Å². The first-order valence-corrected chi connectivity index (χ1v) is 26.6. The molecule has 4 saturated carbocycles. The molecular formula is C52H80O23. The predicted octanol–water partition coefficient (Wildman–Crippen LogP) is -0.00680. The number of aliphatic hydroxyl groups excluding tert-OH is 9. The highest BCUT2D eigenvalue weighted by Gasteiger charge is 2.70. The van der Waals surface area contributed by atoms with E-state index in [4.69, 9.17) is 37.9 Å². The van der Waals surface area contributed by atoms with Gasteiger partial charge in [-0.15, -0.1) is 0 Å². The molecule has 26 atom stereocenters. The maximum atomic E-state index is 13.3. The third-order valence-electron chi connectivity index (χ3n) is 20.6. The molecule has 75 heavy (non-hydrogen) atoms. The van der Waals surface area contributed by atoms with Crippen LogP contribution in [0.1, 0.15) is 113 Å². The Kier molecular flexibility index (Phi) is 15.4. The summed E-state index contributed by atoms with van der Waals surface area (Å²) in [5.74, 6) is -3.97. The first kappa shape index (κ1) is 57.2. The van der Waals surface area contributed by atoms with Crippen LogP contribution in [0.3, 0.4) is 0 Å². The molecule has 0 radical (unpaired) electrons. The Morgan fingerprint density at radius 3 is 1.76 bits per heavy atom. The van der Waals surface area contributed by atoms with Crippen LogP contribution in [-0.4, -0.2) is 209 Å². The largest absolute Gasteiger partial charge is 0.481 e. The monoisotopic (exact) mass is 1070 g/mol. The second-order valence-electron chi connectivity index (χ2n) is 25.5. The van der Waals surface area contributed by atoms with Gasteiger partial charge < -0.3 is 99.2 Å². The van der Waals surface area contributed by atoms with Crippen molar-refractivity contribution in [2.45, 2.75) is 229 Å². The number of carboxylic acid groups (broad SMARTS) is 3. The van der Waals surface area contributed by atoms with Crippen molar-refractivity contribution < 1.29 is 114 Å². The van der Waals surface area contributed by atoms with E-state index >= 15 is 0 Å². The summed E-state index contributed by atoms with van der Waals surface area (Å²) in [5.41, 5.74) is -0.760. The van der Waals surface area contributed by atoms with E-state index in [0.29, 0.717) is 25.7 Å². The van der Waals surface area contributed by atoms with E-state index in [1.807, 2.05) is 0 Å². The Hall–Kier alpha value is -2.53. The van der Waals surface area contributed by atoms with E-state index in [0.717, 1.165) is 38.5 Å². The summed E-state index contributed by atoms with van der Waals surface area (Å²) in [6, 6.07) is 0. The van der Waals surface area contributed by atoms with Crippen molar-refractivity contribution in [1.82, 2.24) is 0 Å². The number of hydrogen-bond donors (Lipinski definition) is 12. The van der Waals surface area contributed by atoms with Gasteiger partial charge in [0.15, 0.2) is 37.4 Å². The zero-order valence-corrected chi connectivity index (χ0v) is 43.6. The molecule has 12 N–H and O–H groups in total. The van der Waals surface area contributed by atoms with Crippen molar-refractivity contribution >= 4 is 17.9 Å². The Morgan fingerprint density at radius 2 is 1.11 bits per heavy atom. The summed E-state index contributed by atoms with van der Waals surface area (Å²) in [5, 5.41) is 129. The molecule has 4 aliphatic heterocycles. The fourth-order valence-corrected chi connectivity index (χ4v) is 16.0.